The second kappa shape index (κ2) is 3.58. The fourth-order valence-electron chi connectivity index (χ4n) is 1.58. The molecular weight excluding hydrogens is 242 g/mol. The molecule has 0 radical (unpaired) electrons. The molecule has 2 nitrogen and oxygen atoms in total. The molecule has 14 heavy (non-hydrogen) atoms. The van der Waals surface area contributed by atoms with Crippen LogP contribution in [0, 0.1) is 6.92 Å². The van der Waals surface area contributed by atoms with Crippen LogP contribution in [0.1, 0.15) is 11.1 Å². The summed E-state index contributed by atoms with van der Waals surface area (Å²) in [7, 11) is 0. The molecule has 0 fully saturated rings. The molecule has 1 heterocycles. The zero-order valence-electron chi connectivity index (χ0n) is 7.80. The third-order valence-electron chi connectivity index (χ3n) is 2.43. The molecule has 0 atom stereocenters. The molecule has 0 bridgehead atoms. The van der Waals surface area contributed by atoms with Gasteiger partial charge in [0.1, 0.15) is 0 Å². The number of halogens is 1. The summed E-state index contributed by atoms with van der Waals surface area (Å²) < 4.78 is 0. The topological polar surface area (TPSA) is 32.9 Å². The van der Waals surface area contributed by atoms with Crippen molar-refractivity contribution in [3.05, 3.63) is 45.7 Å². The highest BCUT2D eigenvalue weighted by Gasteiger charge is 2.06. The molecule has 0 aliphatic heterocycles. The number of rotatable bonds is 1. The predicted molar refractivity (Wildman–Crippen MR) is 61.9 cm³/mol. The van der Waals surface area contributed by atoms with E-state index in [1.165, 1.54) is 0 Å². The van der Waals surface area contributed by atoms with Crippen molar-refractivity contribution in [2.75, 3.05) is 0 Å². The van der Waals surface area contributed by atoms with E-state index in [-0.39, 0.29) is 5.56 Å². The molecule has 0 spiro atoms. The van der Waals surface area contributed by atoms with E-state index in [1.54, 1.807) is 0 Å². The highest BCUT2D eigenvalue weighted by atomic mass is 79.9. The van der Waals surface area contributed by atoms with Crippen molar-refractivity contribution >= 4 is 26.8 Å². The number of nitrogens with one attached hydrogen (secondary N) is 1. The van der Waals surface area contributed by atoms with Crippen LogP contribution >= 0.6 is 15.9 Å². The van der Waals surface area contributed by atoms with Gasteiger partial charge in [0, 0.05) is 21.8 Å². The molecule has 1 aromatic carbocycles. The number of fused-ring (bicyclic) bond motifs is 1. The van der Waals surface area contributed by atoms with Gasteiger partial charge in [-0.3, -0.25) is 4.79 Å². The average Bonchev–Trinajstić information content (AvgIpc) is 2.20. The number of H-pyrrole nitrogens is 1. The highest BCUT2D eigenvalue weighted by molar-refractivity contribution is 9.08. The first-order valence-electron chi connectivity index (χ1n) is 4.40. The van der Waals surface area contributed by atoms with Gasteiger partial charge in [-0.05, 0) is 18.6 Å². The summed E-state index contributed by atoms with van der Waals surface area (Å²) in [4.78, 5) is 14.4. The minimum Gasteiger partial charge on any atom is -0.322 e. The van der Waals surface area contributed by atoms with Crippen molar-refractivity contribution in [1.82, 2.24) is 4.98 Å². The maximum Gasteiger partial charge on any atom is 0.251 e. The highest BCUT2D eigenvalue weighted by Crippen LogP contribution is 2.19. The Morgan fingerprint density at radius 3 is 2.79 bits per heavy atom. The number of benzene rings is 1. The van der Waals surface area contributed by atoms with Crippen molar-refractivity contribution in [1.29, 1.82) is 0 Å². The fraction of sp³-hybridized carbons (Fsp3) is 0.182. The van der Waals surface area contributed by atoms with Gasteiger partial charge in [0.15, 0.2) is 0 Å². The third kappa shape index (κ3) is 1.38. The Bertz CT molecular complexity index is 530. The standard InChI is InChI=1S/C11H10BrNO/c1-7-9(6-12)8-4-2-3-5-10(8)13-11(7)14/h2-5H,6H2,1H3,(H,13,14). The lowest BCUT2D eigenvalue weighted by molar-refractivity contribution is 1.19. The minimum absolute atomic E-state index is 0.00171. The second-order valence-electron chi connectivity index (χ2n) is 3.24. The summed E-state index contributed by atoms with van der Waals surface area (Å²) in [6.45, 7) is 1.85. The number of aromatic nitrogens is 1. The van der Waals surface area contributed by atoms with E-state index in [2.05, 4.69) is 20.9 Å². The summed E-state index contributed by atoms with van der Waals surface area (Å²) in [5, 5.41) is 1.82. The maximum absolute atomic E-state index is 11.5. The van der Waals surface area contributed by atoms with Crippen molar-refractivity contribution in [3.8, 4) is 0 Å². The molecule has 1 aromatic heterocycles. The molecule has 0 aliphatic carbocycles. The van der Waals surface area contributed by atoms with Crippen LogP contribution in [0.15, 0.2) is 29.1 Å². The molecule has 0 aliphatic rings. The number of hydrogen-bond acceptors (Lipinski definition) is 1. The number of alkyl halides is 1. The Kier molecular flexibility index (Phi) is 2.42. The molecule has 0 amide bonds. The van der Waals surface area contributed by atoms with Crippen LogP contribution in [0.25, 0.3) is 10.9 Å². The Balaban J connectivity index is 2.96. The molecular formula is C11H10BrNO. The predicted octanol–water partition coefficient (Wildman–Crippen LogP) is 2.73. The molecule has 2 aromatic rings. The van der Waals surface area contributed by atoms with Gasteiger partial charge in [-0.15, -0.1) is 0 Å². The average molecular weight is 252 g/mol. The monoisotopic (exact) mass is 251 g/mol. The quantitative estimate of drug-likeness (QED) is 0.777. The molecule has 0 saturated heterocycles. The third-order valence-corrected chi connectivity index (χ3v) is 2.99. The van der Waals surface area contributed by atoms with Gasteiger partial charge in [-0.25, -0.2) is 0 Å². The lowest BCUT2D eigenvalue weighted by Gasteiger charge is -2.06. The van der Waals surface area contributed by atoms with Crippen LogP contribution in [0.5, 0.6) is 0 Å². The molecule has 72 valence electrons. The lowest BCUT2D eigenvalue weighted by atomic mass is 10.1. The molecule has 0 unspecified atom stereocenters. The van der Waals surface area contributed by atoms with Gasteiger partial charge < -0.3 is 4.98 Å². The number of aromatic amines is 1. The molecule has 0 saturated carbocycles. The van der Waals surface area contributed by atoms with Crippen LogP contribution in [0.2, 0.25) is 0 Å². The first-order valence-corrected chi connectivity index (χ1v) is 5.52. The van der Waals surface area contributed by atoms with E-state index >= 15 is 0 Å². The maximum atomic E-state index is 11.5. The van der Waals surface area contributed by atoms with Crippen molar-refractivity contribution in [2.45, 2.75) is 12.3 Å². The number of hydrogen-bond donors (Lipinski definition) is 1. The van der Waals surface area contributed by atoms with Gasteiger partial charge in [-0.1, -0.05) is 34.1 Å². The largest absolute Gasteiger partial charge is 0.322 e. The van der Waals surface area contributed by atoms with E-state index in [9.17, 15) is 4.79 Å². The van der Waals surface area contributed by atoms with Crippen LogP contribution < -0.4 is 5.56 Å². The summed E-state index contributed by atoms with van der Waals surface area (Å²) >= 11 is 3.41. The van der Waals surface area contributed by atoms with Crippen LogP contribution in [0.4, 0.5) is 0 Å². The summed E-state index contributed by atoms with van der Waals surface area (Å²) in [5.74, 6) is 0. The van der Waals surface area contributed by atoms with E-state index < -0.39 is 0 Å². The zero-order valence-corrected chi connectivity index (χ0v) is 9.39. The summed E-state index contributed by atoms with van der Waals surface area (Å²) in [6, 6.07) is 7.84. The van der Waals surface area contributed by atoms with Crippen molar-refractivity contribution in [2.24, 2.45) is 0 Å². The Morgan fingerprint density at radius 1 is 1.36 bits per heavy atom. The SMILES string of the molecule is Cc1c(CBr)c2ccccc2[nH]c1=O. The lowest BCUT2D eigenvalue weighted by Crippen LogP contribution is -2.12. The van der Waals surface area contributed by atoms with Gasteiger partial charge in [0.25, 0.3) is 5.56 Å². The fourth-order valence-corrected chi connectivity index (χ4v) is 2.31. The first-order chi connectivity index (χ1) is 6.74. The zero-order chi connectivity index (χ0) is 10.1. The minimum atomic E-state index is -0.00171. The number of para-hydroxylation sites is 1. The van der Waals surface area contributed by atoms with Crippen molar-refractivity contribution in [3.63, 3.8) is 0 Å². The van der Waals surface area contributed by atoms with Gasteiger partial charge in [-0.2, -0.15) is 0 Å². The van der Waals surface area contributed by atoms with E-state index in [0.717, 1.165) is 22.0 Å². The summed E-state index contributed by atoms with van der Waals surface area (Å²) in [6.07, 6.45) is 0. The Hall–Kier alpha value is -1.09. The van der Waals surface area contributed by atoms with Crippen LogP contribution in [-0.2, 0) is 5.33 Å². The summed E-state index contributed by atoms with van der Waals surface area (Å²) in [5.41, 5.74) is 2.76. The van der Waals surface area contributed by atoms with Crippen molar-refractivity contribution < 1.29 is 0 Å². The molecule has 1 N–H and O–H groups in total. The second-order valence-corrected chi connectivity index (χ2v) is 3.80. The smallest absolute Gasteiger partial charge is 0.251 e. The van der Waals surface area contributed by atoms with E-state index in [0.29, 0.717) is 5.33 Å². The van der Waals surface area contributed by atoms with Gasteiger partial charge >= 0.3 is 0 Å². The molecule has 2 rings (SSSR count). The van der Waals surface area contributed by atoms with Crippen LogP contribution in [-0.4, -0.2) is 4.98 Å². The van der Waals surface area contributed by atoms with Gasteiger partial charge in [0.05, 0.1) is 0 Å². The Morgan fingerprint density at radius 2 is 2.07 bits per heavy atom. The van der Waals surface area contributed by atoms with E-state index in [4.69, 9.17) is 0 Å². The van der Waals surface area contributed by atoms with Gasteiger partial charge in [0.2, 0.25) is 0 Å². The van der Waals surface area contributed by atoms with Crippen LogP contribution in [0.3, 0.4) is 0 Å². The number of pyridine rings is 1. The normalized spacial score (nSPS) is 10.7. The Labute approximate surface area is 90.1 Å². The van der Waals surface area contributed by atoms with E-state index in [1.807, 2.05) is 31.2 Å². The first kappa shape index (κ1) is 9.46. The molecule has 3 heteroatoms.